The zero-order valence-corrected chi connectivity index (χ0v) is 16.8. The van der Waals surface area contributed by atoms with Crippen LogP contribution in [0, 0.1) is 5.82 Å². The maximum Gasteiger partial charge on any atom is 0.586 e. The highest BCUT2D eigenvalue weighted by Gasteiger charge is 2.45. The number of carbonyl (C=O) groups excluding carboxylic acids is 2. The van der Waals surface area contributed by atoms with Gasteiger partial charge in [0.15, 0.2) is 11.5 Å². The first-order valence-corrected chi connectivity index (χ1v) is 9.77. The summed E-state index contributed by atoms with van der Waals surface area (Å²) in [6, 6.07) is 7.62. The van der Waals surface area contributed by atoms with E-state index in [-0.39, 0.29) is 41.5 Å². The highest BCUT2D eigenvalue weighted by atomic mass is 19.3. The Morgan fingerprint density at radius 3 is 2.52 bits per heavy atom. The largest absolute Gasteiger partial charge is 0.586 e. The lowest BCUT2D eigenvalue weighted by Crippen LogP contribution is -2.46. The van der Waals surface area contributed by atoms with Gasteiger partial charge in [-0.25, -0.2) is 9.18 Å². The number of aromatic nitrogens is 2. The third-order valence-electron chi connectivity index (χ3n) is 5.48. The van der Waals surface area contributed by atoms with Gasteiger partial charge in [-0.15, -0.1) is 8.78 Å². The number of carbonyl (C=O) groups is 2. The van der Waals surface area contributed by atoms with Crippen LogP contribution in [-0.4, -0.2) is 39.5 Å². The fraction of sp³-hybridized carbons (Fsp3) is 0.190. The molecule has 0 fully saturated rings. The molecular formula is C21H16F3N5O4. The third kappa shape index (κ3) is 3.39. The predicted molar refractivity (Wildman–Crippen MR) is 107 cm³/mol. The summed E-state index contributed by atoms with van der Waals surface area (Å²) in [4.78, 5) is 26.1. The van der Waals surface area contributed by atoms with E-state index in [0.29, 0.717) is 11.1 Å². The molecule has 0 aliphatic carbocycles. The Balaban J connectivity index is 1.71. The summed E-state index contributed by atoms with van der Waals surface area (Å²) in [7, 11) is 0. The molecule has 1 atom stereocenters. The molecule has 2 aliphatic rings. The summed E-state index contributed by atoms with van der Waals surface area (Å²) in [5, 5.41) is 4.44. The molecule has 5 rings (SSSR count). The van der Waals surface area contributed by atoms with Crippen molar-refractivity contribution in [1.82, 2.24) is 14.7 Å². The molecule has 1 aromatic heterocycles. The van der Waals surface area contributed by atoms with Gasteiger partial charge in [-0.3, -0.25) is 9.48 Å². The van der Waals surface area contributed by atoms with Crippen molar-refractivity contribution in [3.05, 3.63) is 65.1 Å². The molecule has 0 bridgehead atoms. The predicted octanol–water partition coefficient (Wildman–Crippen LogP) is 2.59. The maximum absolute atomic E-state index is 13.9. The number of fused-ring (bicyclic) bond motifs is 2. The van der Waals surface area contributed by atoms with Crippen molar-refractivity contribution in [2.75, 3.05) is 6.54 Å². The van der Waals surface area contributed by atoms with E-state index in [2.05, 4.69) is 14.6 Å². The van der Waals surface area contributed by atoms with E-state index < -0.39 is 30.1 Å². The molecular weight excluding hydrogens is 443 g/mol. The average Bonchev–Trinajstić information content (AvgIpc) is 3.28. The number of nitrogens with two attached hydrogens (primary N) is 2. The second kappa shape index (κ2) is 7.15. The molecule has 9 nitrogen and oxygen atoms in total. The molecule has 170 valence electrons. The quantitative estimate of drug-likeness (QED) is 0.623. The van der Waals surface area contributed by atoms with Gasteiger partial charge in [0.1, 0.15) is 17.6 Å². The number of urea groups is 1. The van der Waals surface area contributed by atoms with Crippen molar-refractivity contribution in [3.63, 3.8) is 0 Å². The van der Waals surface area contributed by atoms with Crippen molar-refractivity contribution < 1.29 is 32.2 Å². The second-order valence-corrected chi connectivity index (χ2v) is 7.51. The Morgan fingerprint density at radius 2 is 1.82 bits per heavy atom. The molecule has 2 aromatic carbocycles. The summed E-state index contributed by atoms with van der Waals surface area (Å²) in [6.45, 7) is 0.285. The van der Waals surface area contributed by atoms with Crippen molar-refractivity contribution in [2.45, 2.75) is 18.9 Å². The minimum Gasteiger partial charge on any atom is -0.395 e. The van der Waals surface area contributed by atoms with Crippen LogP contribution in [0.1, 0.15) is 27.7 Å². The van der Waals surface area contributed by atoms with E-state index in [1.54, 1.807) is 6.07 Å². The fourth-order valence-corrected chi connectivity index (χ4v) is 4.19. The van der Waals surface area contributed by atoms with Gasteiger partial charge in [0.25, 0.3) is 5.91 Å². The molecule has 3 heterocycles. The molecule has 4 N–H and O–H groups in total. The van der Waals surface area contributed by atoms with E-state index in [0.717, 1.165) is 0 Å². The number of amides is 3. The average molecular weight is 459 g/mol. The summed E-state index contributed by atoms with van der Waals surface area (Å²) < 4.78 is 51.3. The maximum atomic E-state index is 13.9. The topological polar surface area (TPSA) is 126 Å². The second-order valence-electron chi connectivity index (χ2n) is 7.51. The summed E-state index contributed by atoms with van der Waals surface area (Å²) in [5.41, 5.74) is 12.2. The fourth-order valence-electron chi connectivity index (χ4n) is 4.19. The normalized spacial score (nSPS) is 18.2. The summed E-state index contributed by atoms with van der Waals surface area (Å²) in [5.74, 6) is -1.83. The number of benzene rings is 2. The SMILES string of the molecule is NC(=O)c1c(-c2cccc(F)c2)nn2c1C(c1ccc3c(c1)OC(F)(F)O3)N(C(N)=O)CC2. The molecule has 0 saturated heterocycles. The van der Waals surface area contributed by atoms with Crippen LogP contribution in [0.3, 0.4) is 0 Å². The number of hydrogen-bond acceptors (Lipinski definition) is 5. The molecule has 3 amide bonds. The molecule has 0 radical (unpaired) electrons. The van der Waals surface area contributed by atoms with E-state index in [1.165, 1.54) is 46.0 Å². The van der Waals surface area contributed by atoms with Crippen molar-refractivity contribution in [3.8, 4) is 22.8 Å². The van der Waals surface area contributed by atoms with Gasteiger partial charge in [-0.05, 0) is 29.8 Å². The number of nitrogens with zero attached hydrogens (tertiary/aromatic N) is 3. The van der Waals surface area contributed by atoms with Crippen molar-refractivity contribution in [2.24, 2.45) is 11.5 Å². The lowest BCUT2D eigenvalue weighted by atomic mass is 9.94. The van der Waals surface area contributed by atoms with E-state index in [9.17, 15) is 22.8 Å². The van der Waals surface area contributed by atoms with E-state index in [1.807, 2.05) is 0 Å². The number of ether oxygens (including phenoxy) is 2. The first-order chi connectivity index (χ1) is 15.6. The zero-order chi connectivity index (χ0) is 23.5. The zero-order valence-electron chi connectivity index (χ0n) is 16.8. The molecule has 1 unspecified atom stereocenters. The minimum absolute atomic E-state index is 0.0421. The molecule has 33 heavy (non-hydrogen) atoms. The molecule has 3 aromatic rings. The summed E-state index contributed by atoms with van der Waals surface area (Å²) >= 11 is 0. The van der Waals surface area contributed by atoms with Crippen LogP contribution in [0.25, 0.3) is 11.3 Å². The van der Waals surface area contributed by atoms with Crippen LogP contribution >= 0.6 is 0 Å². The van der Waals surface area contributed by atoms with Crippen LogP contribution in [0.15, 0.2) is 42.5 Å². The third-order valence-corrected chi connectivity index (χ3v) is 5.48. The van der Waals surface area contributed by atoms with E-state index in [4.69, 9.17) is 11.5 Å². The van der Waals surface area contributed by atoms with Crippen LogP contribution < -0.4 is 20.9 Å². The summed E-state index contributed by atoms with van der Waals surface area (Å²) in [6.07, 6.45) is -3.83. The molecule has 0 spiro atoms. The Hall–Kier alpha value is -4.22. The molecule has 0 saturated carbocycles. The van der Waals surface area contributed by atoms with Crippen LogP contribution in [0.5, 0.6) is 11.5 Å². The first-order valence-electron chi connectivity index (χ1n) is 9.77. The number of alkyl halides is 2. The Kier molecular flexibility index (Phi) is 4.48. The number of rotatable bonds is 3. The van der Waals surface area contributed by atoms with Gasteiger partial charge < -0.3 is 25.8 Å². The lowest BCUT2D eigenvalue weighted by Gasteiger charge is -2.35. The van der Waals surface area contributed by atoms with Gasteiger partial charge in [0.05, 0.1) is 17.8 Å². The first kappa shape index (κ1) is 20.7. The van der Waals surface area contributed by atoms with Crippen molar-refractivity contribution in [1.29, 1.82) is 0 Å². The minimum atomic E-state index is -3.83. The Labute approximate surface area is 184 Å². The highest BCUT2D eigenvalue weighted by molar-refractivity contribution is 6.00. The smallest absolute Gasteiger partial charge is 0.395 e. The Morgan fingerprint density at radius 1 is 1.06 bits per heavy atom. The number of primary amides is 2. The van der Waals surface area contributed by atoms with Gasteiger partial charge in [0.2, 0.25) is 0 Å². The van der Waals surface area contributed by atoms with Gasteiger partial charge in [-0.1, -0.05) is 18.2 Å². The molecule has 12 heteroatoms. The molecule has 2 aliphatic heterocycles. The van der Waals surface area contributed by atoms with Crippen LogP contribution in [0.2, 0.25) is 0 Å². The number of hydrogen-bond donors (Lipinski definition) is 2. The monoisotopic (exact) mass is 459 g/mol. The standard InChI is InChI=1S/C21H16F3N5O4/c22-12-3-1-2-10(8-12)16-15(19(25)30)18-17(28(20(26)31)6-7-29(18)27-16)11-4-5-13-14(9-11)33-21(23,24)32-13/h1-5,8-9,17H,6-7H2,(H2,25,30)(H2,26,31). The number of halogens is 3. The van der Waals surface area contributed by atoms with E-state index >= 15 is 0 Å². The Bertz CT molecular complexity index is 1310. The van der Waals surface area contributed by atoms with Crippen molar-refractivity contribution >= 4 is 11.9 Å². The van der Waals surface area contributed by atoms with Gasteiger partial charge in [0, 0.05) is 12.1 Å². The van der Waals surface area contributed by atoms with Crippen LogP contribution in [0.4, 0.5) is 18.0 Å². The lowest BCUT2D eigenvalue weighted by molar-refractivity contribution is -0.286. The highest BCUT2D eigenvalue weighted by Crippen LogP contribution is 2.45. The van der Waals surface area contributed by atoms with Gasteiger partial charge >= 0.3 is 12.3 Å². The van der Waals surface area contributed by atoms with Gasteiger partial charge in [-0.2, -0.15) is 5.10 Å². The van der Waals surface area contributed by atoms with Crippen LogP contribution in [-0.2, 0) is 6.54 Å².